The first-order valence-electron chi connectivity index (χ1n) is 9.62. The Bertz CT molecular complexity index is 1070. The van der Waals surface area contributed by atoms with E-state index in [-0.39, 0.29) is 11.7 Å². The molecule has 1 N–H and O–H groups in total. The number of alkyl halides is 3. The molecule has 0 saturated carbocycles. The van der Waals surface area contributed by atoms with Crippen molar-refractivity contribution in [2.75, 3.05) is 25.3 Å². The summed E-state index contributed by atoms with van der Waals surface area (Å²) in [5, 5.41) is 6.94. The maximum atomic E-state index is 12.8. The Balaban J connectivity index is 1.50. The molecule has 2 aromatic carbocycles. The fourth-order valence-corrected chi connectivity index (χ4v) is 3.69. The highest BCUT2D eigenvalue weighted by Gasteiger charge is 2.30. The molecule has 0 unspecified atom stereocenters. The van der Waals surface area contributed by atoms with Gasteiger partial charge >= 0.3 is 6.18 Å². The molecule has 0 aliphatic carbocycles. The average molecular weight is 465 g/mol. The summed E-state index contributed by atoms with van der Waals surface area (Å²) in [6, 6.07) is 10.6. The van der Waals surface area contributed by atoms with Crippen molar-refractivity contribution in [1.29, 1.82) is 0 Å². The van der Waals surface area contributed by atoms with Gasteiger partial charge in [-0.3, -0.25) is 9.48 Å². The lowest BCUT2D eigenvalue weighted by Gasteiger charge is -2.09. The molecule has 32 heavy (non-hydrogen) atoms. The van der Waals surface area contributed by atoms with Gasteiger partial charge in [0.2, 0.25) is 5.91 Å². The number of carbonyl (C=O) groups excluding carboxylic acids is 1. The molecule has 1 heterocycles. The number of nitrogens with zero attached hydrogens (tertiary/aromatic N) is 2. The van der Waals surface area contributed by atoms with Gasteiger partial charge in [-0.15, -0.1) is 11.8 Å². The van der Waals surface area contributed by atoms with Gasteiger partial charge < -0.3 is 14.8 Å². The molecule has 3 rings (SSSR count). The Hall–Kier alpha value is -3.14. The van der Waals surface area contributed by atoms with Gasteiger partial charge in [0.05, 0.1) is 37.4 Å². The second-order valence-electron chi connectivity index (χ2n) is 6.79. The molecule has 0 aliphatic rings. The van der Waals surface area contributed by atoms with Crippen LogP contribution in [0.5, 0.6) is 11.5 Å². The van der Waals surface area contributed by atoms with E-state index in [2.05, 4.69) is 10.4 Å². The number of benzene rings is 2. The van der Waals surface area contributed by atoms with E-state index < -0.39 is 11.7 Å². The van der Waals surface area contributed by atoms with Gasteiger partial charge in [-0.1, -0.05) is 12.1 Å². The maximum absolute atomic E-state index is 12.8. The number of thioether (sulfide) groups is 1. The van der Waals surface area contributed by atoms with Crippen LogP contribution in [0.15, 0.2) is 59.8 Å². The number of aromatic nitrogens is 2. The molecule has 6 nitrogen and oxygen atoms in total. The molecule has 170 valence electrons. The molecule has 0 aliphatic heterocycles. The molecule has 0 fully saturated rings. The van der Waals surface area contributed by atoms with Gasteiger partial charge in [0.1, 0.15) is 0 Å². The Morgan fingerprint density at radius 3 is 2.62 bits per heavy atom. The van der Waals surface area contributed by atoms with Crippen LogP contribution in [-0.2, 0) is 23.9 Å². The zero-order valence-electron chi connectivity index (χ0n) is 17.5. The largest absolute Gasteiger partial charge is 0.493 e. The first kappa shape index (κ1) is 23.5. The molecule has 0 atom stereocenters. The Kier molecular flexibility index (Phi) is 7.68. The summed E-state index contributed by atoms with van der Waals surface area (Å²) in [7, 11) is 3.16. The Morgan fingerprint density at radius 1 is 1.12 bits per heavy atom. The number of anilines is 1. The van der Waals surface area contributed by atoms with Crippen molar-refractivity contribution < 1.29 is 27.4 Å². The predicted octanol–water partition coefficient (Wildman–Crippen LogP) is 4.89. The summed E-state index contributed by atoms with van der Waals surface area (Å²) in [6.45, 7) is 0.588. The maximum Gasteiger partial charge on any atom is 0.416 e. The number of hydrogen-bond acceptors (Lipinski definition) is 5. The molecular formula is C22H22F3N3O3S. The predicted molar refractivity (Wildman–Crippen MR) is 116 cm³/mol. The van der Waals surface area contributed by atoms with Crippen molar-refractivity contribution in [3.05, 3.63) is 66.0 Å². The highest BCUT2D eigenvalue weighted by Crippen LogP contribution is 2.32. The Morgan fingerprint density at radius 2 is 1.91 bits per heavy atom. The van der Waals surface area contributed by atoms with Crippen molar-refractivity contribution >= 4 is 23.4 Å². The minimum absolute atomic E-state index is 0.0157. The third kappa shape index (κ3) is 6.43. The van der Waals surface area contributed by atoms with Gasteiger partial charge in [0, 0.05) is 17.6 Å². The summed E-state index contributed by atoms with van der Waals surface area (Å²) in [4.78, 5) is 12.5. The van der Waals surface area contributed by atoms with Crippen molar-refractivity contribution in [2.45, 2.75) is 24.0 Å². The van der Waals surface area contributed by atoms with E-state index in [1.165, 1.54) is 12.3 Å². The van der Waals surface area contributed by atoms with E-state index >= 15 is 0 Å². The number of nitrogens with one attached hydrogen (secondary N) is 1. The molecule has 0 radical (unpaired) electrons. The number of carbonyl (C=O) groups is 1. The fourth-order valence-electron chi connectivity index (χ4n) is 2.94. The van der Waals surface area contributed by atoms with Crippen LogP contribution in [0.25, 0.3) is 0 Å². The molecular weight excluding hydrogens is 443 g/mol. The third-order valence-electron chi connectivity index (χ3n) is 4.53. The van der Waals surface area contributed by atoms with Crippen LogP contribution in [0, 0.1) is 0 Å². The molecule has 1 aromatic heterocycles. The zero-order chi connectivity index (χ0) is 23.1. The summed E-state index contributed by atoms with van der Waals surface area (Å²) in [5.41, 5.74) is 0.826. The second kappa shape index (κ2) is 10.4. The van der Waals surface area contributed by atoms with E-state index in [9.17, 15) is 18.0 Å². The number of aryl methyl sites for hydroxylation is 2. The standard InChI is InChI=1S/C22H22F3N3O3S/c1-30-19-7-6-15(10-20(19)31-2)8-9-28-13-17(12-26-28)27-21(29)14-32-18-5-3-4-16(11-18)22(23,24)25/h3-7,10-13H,8-9,14H2,1-2H3,(H,27,29). The number of rotatable bonds is 9. The van der Waals surface area contributed by atoms with Crippen LogP contribution in [0.3, 0.4) is 0 Å². The average Bonchev–Trinajstić information content (AvgIpc) is 3.22. The molecule has 3 aromatic rings. The van der Waals surface area contributed by atoms with Crippen molar-refractivity contribution in [2.24, 2.45) is 0 Å². The molecule has 10 heteroatoms. The molecule has 0 bridgehead atoms. The number of amides is 1. The lowest BCUT2D eigenvalue weighted by molar-refractivity contribution is -0.137. The van der Waals surface area contributed by atoms with Crippen LogP contribution in [-0.4, -0.2) is 35.7 Å². The zero-order valence-corrected chi connectivity index (χ0v) is 18.3. The number of hydrogen-bond donors (Lipinski definition) is 1. The summed E-state index contributed by atoms with van der Waals surface area (Å²) >= 11 is 1.04. The molecule has 1 amide bonds. The minimum atomic E-state index is -4.41. The Labute approximate surface area is 187 Å². The van der Waals surface area contributed by atoms with E-state index in [1.54, 1.807) is 31.2 Å². The number of halogens is 3. The van der Waals surface area contributed by atoms with Crippen LogP contribution in [0.2, 0.25) is 0 Å². The van der Waals surface area contributed by atoms with E-state index in [0.717, 1.165) is 29.5 Å². The SMILES string of the molecule is COc1ccc(CCn2cc(NC(=O)CSc3cccc(C(F)(F)F)c3)cn2)cc1OC. The molecule has 0 saturated heterocycles. The first-order valence-corrected chi connectivity index (χ1v) is 10.6. The normalized spacial score (nSPS) is 11.3. The summed E-state index contributed by atoms with van der Waals surface area (Å²) < 4.78 is 50.6. The molecule has 0 spiro atoms. The van der Waals surface area contributed by atoms with Gasteiger partial charge in [-0.2, -0.15) is 18.3 Å². The van der Waals surface area contributed by atoms with Gasteiger partial charge in [0.15, 0.2) is 11.5 Å². The second-order valence-corrected chi connectivity index (χ2v) is 7.84. The van der Waals surface area contributed by atoms with Crippen LogP contribution in [0.1, 0.15) is 11.1 Å². The minimum Gasteiger partial charge on any atom is -0.493 e. The lowest BCUT2D eigenvalue weighted by Crippen LogP contribution is -2.13. The van der Waals surface area contributed by atoms with Gasteiger partial charge in [0.25, 0.3) is 0 Å². The van der Waals surface area contributed by atoms with Crippen LogP contribution >= 0.6 is 11.8 Å². The quantitative estimate of drug-likeness (QED) is 0.456. The van der Waals surface area contributed by atoms with E-state index in [4.69, 9.17) is 9.47 Å². The highest BCUT2D eigenvalue weighted by molar-refractivity contribution is 8.00. The summed E-state index contributed by atoms with van der Waals surface area (Å²) in [6.07, 6.45) is -0.486. The summed E-state index contributed by atoms with van der Waals surface area (Å²) in [5.74, 6) is 0.963. The number of methoxy groups -OCH3 is 2. The fraction of sp³-hybridized carbons (Fsp3) is 0.273. The van der Waals surface area contributed by atoms with Crippen molar-refractivity contribution in [3.63, 3.8) is 0 Å². The van der Waals surface area contributed by atoms with Crippen molar-refractivity contribution in [1.82, 2.24) is 9.78 Å². The lowest BCUT2D eigenvalue weighted by atomic mass is 10.1. The van der Waals surface area contributed by atoms with Gasteiger partial charge in [-0.25, -0.2) is 0 Å². The van der Waals surface area contributed by atoms with Crippen LogP contribution in [0.4, 0.5) is 18.9 Å². The van der Waals surface area contributed by atoms with Crippen molar-refractivity contribution in [3.8, 4) is 11.5 Å². The topological polar surface area (TPSA) is 65.4 Å². The van der Waals surface area contributed by atoms with Crippen LogP contribution < -0.4 is 14.8 Å². The third-order valence-corrected chi connectivity index (χ3v) is 5.52. The first-order chi connectivity index (χ1) is 15.3. The number of ether oxygens (including phenoxy) is 2. The smallest absolute Gasteiger partial charge is 0.416 e. The van der Waals surface area contributed by atoms with Gasteiger partial charge in [-0.05, 0) is 42.3 Å². The van der Waals surface area contributed by atoms with E-state index in [1.807, 2.05) is 18.2 Å². The highest BCUT2D eigenvalue weighted by atomic mass is 32.2. The monoisotopic (exact) mass is 465 g/mol. The van der Waals surface area contributed by atoms with E-state index in [0.29, 0.717) is 35.0 Å².